The van der Waals surface area contributed by atoms with Crippen LogP contribution in [0.5, 0.6) is 0 Å². The highest BCUT2D eigenvalue weighted by molar-refractivity contribution is 5.94. The first-order chi connectivity index (χ1) is 14.8. The molecule has 2 aromatic heterocycles. The Morgan fingerprint density at radius 1 is 1.13 bits per heavy atom. The number of carbonyl (C=O) groups is 1. The molecule has 156 valence electrons. The van der Waals surface area contributed by atoms with Gasteiger partial charge in [-0.05, 0) is 61.9 Å². The lowest BCUT2D eigenvalue weighted by molar-refractivity contribution is 0.0698. The second-order valence-electron chi connectivity index (χ2n) is 7.37. The Bertz CT molecular complexity index is 1350. The number of aromatic carboxylic acids is 1. The van der Waals surface area contributed by atoms with Crippen LogP contribution in [-0.2, 0) is 0 Å². The zero-order chi connectivity index (χ0) is 22.1. The SMILES string of the molecule is Cc1cc([C@H](C)Nc2ccccc2C(=O)O)c2nc(-c3ccc(F)cc3)cc(=O)n2c1. The normalized spacial score (nSPS) is 12.0. The summed E-state index contributed by atoms with van der Waals surface area (Å²) < 4.78 is 14.8. The second kappa shape index (κ2) is 8.02. The van der Waals surface area contributed by atoms with E-state index in [1.54, 1.807) is 36.5 Å². The van der Waals surface area contributed by atoms with Crippen molar-refractivity contribution in [2.45, 2.75) is 19.9 Å². The number of aryl methyl sites for hydroxylation is 1. The number of carboxylic acid groups (broad SMARTS) is 1. The number of pyridine rings is 1. The number of halogens is 1. The third-order valence-electron chi connectivity index (χ3n) is 5.06. The fourth-order valence-corrected chi connectivity index (χ4v) is 3.56. The van der Waals surface area contributed by atoms with Crippen molar-refractivity contribution in [2.75, 3.05) is 5.32 Å². The molecule has 2 heterocycles. The minimum Gasteiger partial charge on any atom is -0.478 e. The molecule has 6 nitrogen and oxygen atoms in total. The van der Waals surface area contributed by atoms with Crippen LogP contribution >= 0.6 is 0 Å². The molecule has 0 aliphatic heterocycles. The summed E-state index contributed by atoms with van der Waals surface area (Å²) in [5.74, 6) is -1.40. The van der Waals surface area contributed by atoms with Crippen LogP contribution in [-0.4, -0.2) is 20.5 Å². The Labute approximate surface area is 177 Å². The molecule has 0 aliphatic rings. The predicted octanol–water partition coefficient (Wildman–Crippen LogP) is 4.68. The summed E-state index contributed by atoms with van der Waals surface area (Å²) in [4.78, 5) is 29.1. The van der Waals surface area contributed by atoms with Gasteiger partial charge >= 0.3 is 5.97 Å². The van der Waals surface area contributed by atoms with Gasteiger partial charge in [0.25, 0.3) is 5.56 Å². The first kappa shape index (κ1) is 20.3. The lowest BCUT2D eigenvalue weighted by Gasteiger charge is -2.20. The molecule has 1 atom stereocenters. The van der Waals surface area contributed by atoms with Crippen LogP contribution in [0.3, 0.4) is 0 Å². The second-order valence-corrected chi connectivity index (χ2v) is 7.37. The summed E-state index contributed by atoms with van der Waals surface area (Å²) in [6, 6.07) is 15.4. The molecule has 0 radical (unpaired) electrons. The quantitative estimate of drug-likeness (QED) is 0.493. The third-order valence-corrected chi connectivity index (χ3v) is 5.06. The summed E-state index contributed by atoms with van der Waals surface area (Å²) in [5, 5.41) is 12.7. The minimum atomic E-state index is -1.03. The number of fused-ring (bicyclic) bond motifs is 1. The van der Waals surface area contributed by atoms with Crippen molar-refractivity contribution in [3.05, 3.63) is 99.7 Å². The van der Waals surface area contributed by atoms with E-state index in [0.717, 1.165) is 11.1 Å². The lowest BCUT2D eigenvalue weighted by atomic mass is 10.1. The molecule has 4 rings (SSSR count). The maximum atomic E-state index is 13.3. The first-order valence-electron chi connectivity index (χ1n) is 9.72. The van der Waals surface area contributed by atoms with E-state index >= 15 is 0 Å². The van der Waals surface area contributed by atoms with Gasteiger partial charge < -0.3 is 10.4 Å². The van der Waals surface area contributed by atoms with E-state index < -0.39 is 5.97 Å². The number of hydrogen-bond donors (Lipinski definition) is 2. The number of nitrogens with one attached hydrogen (secondary N) is 1. The average molecular weight is 417 g/mol. The number of hydrogen-bond acceptors (Lipinski definition) is 4. The summed E-state index contributed by atoms with van der Waals surface area (Å²) in [6.07, 6.45) is 1.71. The average Bonchev–Trinajstić information content (AvgIpc) is 2.74. The number of aromatic nitrogens is 2. The van der Waals surface area contributed by atoms with Crippen molar-refractivity contribution >= 4 is 17.3 Å². The molecule has 2 aromatic carbocycles. The number of carboxylic acids is 1. The van der Waals surface area contributed by atoms with E-state index in [1.165, 1.54) is 28.7 Å². The van der Waals surface area contributed by atoms with Gasteiger partial charge in [-0.1, -0.05) is 12.1 Å². The molecule has 7 heteroatoms. The molecule has 0 fully saturated rings. The monoisotopic (exact) mass is 417 g/mol. The molecule has 0 amide bonds. The van der Waals surface area contributed by atoms with Crippen molar-refractivity contribution in [1.82, 2.24) is 9.38 Å². The molecular weight excluding hydrogens is 397 g/mol. The van der Waals surface area contributed by atoms with E-state index in [1.807, 2.05) is 19.9 Å². The van der Waals surface area contributed by atoms with Gasteiger partial charge in [0.05, 0.1) is 17.3 Å². The Morgan fingerprint density at radius 2 is 1.84 bits per heavy atom. The van der Waals surface area contributed by atoms with Crippen LogP contribution in [0.4, 0.5) is 10.1 Å². The third kappa shape index (κ3) is 4.02. The van der Waals surface area contributed by atoms with E-state index in [4.69, 9.17) is 0 Å². The summed E-state index contributed by atoms with van der Waals surface area (Å²) >= 11 is 0. The highest BCUT2D eigenvalue weighted by Crippen LogP contribution is 2.26. The van der Waals surface area contributed by atoms with E-state index in [9.17, 15) is 19.1 Å². The molecule has 0 spiro atoms. The maximum Gasteiger partial charge on any atom is 0.337 e. The summed E-state index contributed by atoms with van der Waals surface area (Å²) in [7, 11) is 0. The number of anilines is 1. The summed E-state index contributed by atoms with van der Waals surface area (Å²) in [6.45, 7) is 3.76. The van der Waals surface area contributed by atoms with E-state index in [0.29, 0.717) is 22.6 Å². The highest BCUT2D eigenvalue weighted by Gasteiger charge is 2.17. The molecule has 0 aliphatic carbocycles. The Kier molecular flexibility index (Phi) is 5.25. The molecule has 0 saturated carbocycles. The van der Waals surface area contributed by atoms with E-state index in [2.05, 4.69) is 10.3 Å². The van der Waals surface area contributed by atoms with Gasteiger partial charge in [-0.15, -0.1) is 0 Å². The van der Waals surface area contributed by atoms with Crippen LogP contribution in [0.15, 0.2) is 71.7 Å². The molecule has 4 aromatic rings. The zero-order valence-corrected chi connectivity index (χ0v) is 17.0. The first-order valence-corrected chi connectivity index (χ1v) is 9.72. The fourth-order valence-electron chi connectivity index (χ4n) is 3.56. The van der Waals surface area contributed by atoms with Crippen molar-refractivity contribution < 1.29 is 14.3 Å². The molecule has 0 unspecified atom stereocenters. The van der Waals surface area contributed by atoms with Crippen LogP contribution in [0.2, 0.25) is 0 Å². The number of nitrogens with zero attached hydrogens (tertiary/aromatic N) is 2. The lowest BCUT2D eigenvalue weighted by Crippen LogP contribution is -2.19. The fraction of sp³-hybridized carbons (Fsp3) is 0.125. The van der Waals surface area contributed by atoms with Gasteiger partial charge in [0.15, 0.2) is 0 Å². The van der Waals surface area contributed by atoms with Crippen LogP contribution in [0.1, 0.15) is 34.5 Å². The summed E-state index contributed by atoms with van der Waals surface area (Å²) in [5.41, 5.74) is 3.49. The topological polar surface area (TPSA) is 83.7 Å². The predicted molar refractivity (Wildman–Crippen MR) is 117 cm³/mol. The maximum absolute atomic E-state index is 13.3. The highest BCUT2D eigenvalue weighted by atomic mass is 19.1. The minimum absolute atomic E-state index is 0.156. The molecule has 0 saturated heterocycles. The van der Waals surface area contributed by atoms with Crippen LogP contribution in [0.25, 0.3) is 16.9 Å². The van der Waals surface area contributed by atoms with Crippen LogP contribution < -0.4 is 10.9 Å². The van der Waals surface area contributed by atoms with Crippen molar-refractivity contribution in [1.29, 1.82) is 0 Å². The van der Waals surface area contributed by atoms with E-state index in [-0.39, 0.29) is 23.0 Å². The Morgan fingerprint density at radius 3 is 2.55 bits per heavy atom. The van der Waals surface area contributed by atoms with Gasteiger partial charge in [-0.2, -0.15) is 0 Å². The van der Waals surface area contributed by atoms with Crippen molar-refractivity contribution in [3.8, 4) is 11.3 Å². The molecule has 0 bridgehead atoms. The molecular formula is C24H20FN3O3. The smallest absolute Gasteiger partial charge is 0.337 e. The van der Waals surface area contributed by atoms with Gasteiger partial charge in [-0.3, -0.25) is 9.20 Å². The standard InChI is InChI=1S/C24H20FN3O3/c1-14-11-19(15(2)26-20-6-4-3-5-18(20)24(30)31)23-27-21(12-22(29)28(23)13-14)16-7-9-17(25)10-8-16/h3-13,15,26H,1-2H3,(H,30,31)/t15-/m0/s1. The van der Waals surface area contributed by atoms with Gasteiger partial charge in [-0.25, -0.2) is 14.2 Å². The zero-order valence-electron chi connectivity index (χ0n) is 17.0. The molecule has 31 heavy (non-hydrogen) atoms. The van der Waals surface area contributed by atoms with Gasteiger partial charge in [0.2, 0.25) is 0 Å². The van der Waals surface area contributed by atoms with Crippen LogP contribution in [0, 0.1) is 12.7 Å². The number of benzene rings is 2. The van der Waals surface area contributed by atoms with Crippen molar-refractivity contribution in [3.63, 3.8) is 0 Å². The van der Waals surface area contributed by atoms with Crippen molar-refractivity contribution in [2.24, 2.45) is 0 Å². The largest absolute Gasteiger partial charge is 0.478 e. The Balaban J connectivity index is 1.84. The Hall–Kier alpha value is -4.00. The number of rotatable bonds is 5. The number of para-hydroxylation sites is 1. The van der Waals surface area contributed by atoms with Gasteiger partial charge in [0.1, 0.15) is 11.5 Å². The molecule has 2 N–H and O–H groups in total. The van der Waals surface area contributed by atoms with Gasteiger partial charge in [0, 0.05) is 29.1 Å².